The smallest absolute Gasteiger partial charge is 0.129 e. The molecule has 0 spiro atoms. The molecule has 6 heteroatoms. The zero-order valence-corrected chi connectivity index (χ0v) is 12.6. The van der Waals surface area contributed by atoms with Gasteiger partial charge in [-0.05, 0) is 30.3 Å². The second kappa shape index (κ2) is 5.54. The van der Waals surface area contributed by atoms with Crippen LogP contribution in [0.1, 0.15) is 5.82 Å². The van der Waals surface area contributed by atoms with Crippen LogP contribution in [0.5, 0.6) is 5.75 Å². The maximum absolute atomic E-state index is 13.5. The first kappa shape index (κ1) is 14.2. The monoisotopic (exact) mass is 324 g/mol. The first-order chi connectivity index (χ1) is 10.1. The fraction of sp³-hybridized carbons (Fsp3) is 0.133. The molecule has 2 aromatic carbocycles. The second-order valence-corrected chi connectivity index (χ2v) is 5.12. The number of rotatable bonds is 3. The van der Waals surface area contributed by atoms with Crippen LogP contribution in [0.2, 0.25) is 5.02 Å². The number of fused-ring (bicyclic) bond motifs is 1. The van der Waals surface area contributed by atoms with Crippen LogP contribution in [-0.4, -0.2) is 16.7 Å². The molecule has 0 radical (unpaired) electrons. The molecule has 0 amide bonds. The summed E-state index contributed by atoms with van der Waals surface area (Å²) in [6.45, 7) is 0. The van der Waals surface area contributed by atoms with E-state index in [1.807, 2.05) is 12.1 Å². The van der Waals surface area contributed by atoms with Gasteiger partial charge in [0.25, 0.3) is 0 Å². The highest BCUT2D eigenvalue weighted by Crippen LogP contribution is 2.30. The normalized spacial score (nSPS) is 11.0. The highest BCUT2D eigenvalue weighted by molar-refractivity contribution is 6.32. The molecule has 1 aromatic heterocycles. The molecule has 0 aliphatic carbocycles. The predicted octanol–water partition coefficient (Wildman–Crippen LogP) is 4.57. The highest BCUT2D eigenvalue weighted by Gasteiger charge is 2.15. The zero-order valence-electron chi connectivity index (χ0n) is 11.1. The van der Waals surface area contributed by atoms with Crippen molar-refractivity contribution in [3.63, 3.8) is 0 Å². The van der Waals surface area contributed by atoms with Gasteiger partial charge < -0.3 is 4.74 Å². The Morgan fingerprint density at radius 2 is 2.05 bits per heavy atom. The molecule has 0 atom stereocenters. The summed E-state index contributed by atoms with van der Waals surface area (Å²) in [4.78, 5) is 4.46. The van der Waals surface area contributed by atoms with Gasteiger partial charge in [-0.3, -0.25) is 4.57 Å². The molecule has 0 saturated heterocycles. The first-order valence-corrected chi connectivity index (χ1v) is 7.12. The van der Waals surface area contributed by atoms with Crippen molar-refractivity contribution in [2.75, 3.05) is 7.11 Å². The molecular formula is C15H11Cl2FN2O. The van der Waals surface area contributed by atoms with E-state index in [9.17, 15) is 4.39 Å². The third-order valence-corrected chi connectivity index (χ3v) is 3.76. The zero-order chi connectivity index (χ0) is 15.0. The number of methoxy groups -OCH3 is 1. The van der Waals surface area contributed by atoms with Gasteiger partial charge in [0.1, 0.15) is 17.4 Å². The fourth-order valence-corrected chi connectivity index (χ4v) is 2.63. The van der Waals surface area contributed by atoms with Crippen molar-refractivity contribution in [2.24, 2.45) is 0 Å². The van der Waals surface area contributed by atoms with E-state index in [2.05, 4.69) is 4.98 Å². The van der Waals surface area contributed by atoms with E-state index in [4.69, 9.17) is 27.9 Å². The third-order valence-electron chi connectivity index (χ3n) is 3.20. The van der Waals surface area contributed by atoms with Crippen LogP contribution >= 0.6 is 23.2 Å². The van der Waals surface area contributed by atoms with Gasteiger partial charge in [-0.25, -0.2) is 9.37 Å². The van der Waals surface area contributed by atoms with Crippen LogP contribution in [0.3, 0.4) is 0 Å². The minimum atomic E-state index is -0.370. The molecule has 0 fully saturated rings. The van der Waals surface area contributed by atoms with Crippen molar-refractivity contribution in [3.8, 4) is 11.4 Å². The van der Waals surface area contributed by atoms with E-state index in [1.54, 1.807) is 17.7 Å². The average molecular weight is 325 g/mol. The lowest BCUT2D eigenvalue weighted by Gasteiger charge is -2.10. The lowest BCUT2D eigenvalue weighted by Crippen LogP contribution is -2.00. The van der Waals surface area contributed by atoms with Crippen LogP contribution in [0.25, 0.3) is 16.7 Å². The van der Waals surface area contributed by atoms with E-state index in [0.29, 0.717) is 27.8 Å². The van der Waals surface area contributed by atoms with E-state index >= 15 is 0 Å². The Morgan fingerprint density at radius 1 is 1.24 bits per heavy atom. The summed E-state index contributed by atoms with van der Waals surface area (Å²) in [5, 5.41) is 0.429. The van der Waals surface area contributed by atoms with Crippen molar-refractivity contribution in [1.82, 2.24) is 9.55 Å². The van der Waals surface area contributed by atoms with Gasteiger partial charge in [0.15, 0.2) is 0 Å². The number of halogens is 3. The number of nitrogens with zero attached hydrogens (tertiary/aromatic N) is 2. The molecule has 108 valence electrons. The number of benzene rings is 2. The maximum atomic E-state index is 13.5. The fourth-order valence-electron chi connectivity index (χ4n) is 2.25. The molecule has 0 unspecified atom stereocenters. The highest BCUT2D eigenvalue weighted by atomic mass is 35.5. The largest absolute Gasteiger partial charge is 0.497 e. The molecule has 21 heavy (non-hydrogen) atoms. The standard InChI is InChI=1S/C15H11Cl2FN2O/c1-21-10-3-5-13-12(7-10)19-15(8-16)20(13)14-6-9(18)2-4-11(14)17/h2-7H,8H2,1H3. The van der Waals surface area contributed by atoms with Crippen molar-refractivity contribution < 1.29 is 9.13 Å². The number of aromatic nitrogens is 2. The molecule has 0 saturated carbocycles. The molecule has 0 N–H and O–H groups in total. The number of hydrogen-bond acceptors (Lipinski definition) is 2. The Labute approximate surface area is 130 Å². The lowest BCUT2D eigenvalue weighted by molar-refractivity contribution is 0.415. The topological polar surface area (TPSA) is 27.1 Å². The third kappa shape index (κ3) is 2.45. The Bertz CT molecular complexity index is 817. The molecule has 0 aliphatic heterocycles. The minimum Gasteiger partial charge on any atom is -0.497 e. The second-order valence-electron chi connectivity index (χ2n) is 4.45. The van der Waals surface area contributed by atoms with E-state index in [1.165, 1.54) is 18.2 Å². The van der Waals surface area contributed by atoms with Crippen LogP contribution in [0.4, 0.5) is 4.39 Å². The number of alkyl halides is 1. The number of ether oxygens (including phenoxy) is 1. The Hall–Kier alpha value is -1.78. The van der Waals surface area contributed by atoms with Crippen LogP contribution in [0.15, 0.2) is 36.4 Å². The van der Waals surface area contributed by atoms with Gasteiger partial charge in [0.2, 0.25) is 0 Å². The Balaban J connectivity index is 2.32. The van der Waals surface area contributed by atoms with Gasteiger partial charge in [0, 0.05) is 6.07 Å². The summed E-state index contributed by atoms with van der Waals surface area (Å²) >= 11 is 12.2. The van der Waals surface area contributed by atoms with Crippen LogP contribution < -0.4 is 4.74 Å². The molecule has 3 aromatic rings. The summed E-state index contributed by atoms with van der Waals surface area (Å²) in [6.07, 6.45) is 0. The molecule has 3 nitrogen and oxygen atoms in total. The number of hydrogen-bond donors (Lipinski definition) is 0. The minimum absolute atomic E-state index is 0.184. The summed E-state index contributed by atoms with van der Waals surface area (Å²) in [6, 6.07) is 9.65. The van der Waals surface area contributed by atoms with Gasteiger partial charge >= 0.3 is 0 Å². The van der Waals surface area contributed by atoms with Crippen LogP contribution in [-0.2, 0) is 5.88 Å². The van der Waals surface area contributed by atoms with Crippen molar-refractivity contribution in [2.45, 2.75) is 5.88 Å². The Kier molecular flexibility index (Phi) is 3.74. The predicted molar refractivity (Wildman–Crippen MR) is 82.1 cm³/mol. The van der Waals surface area contributed by atoms with Crippen molar-refractivity contribution in [3.05, 3.63) is 53.1 Å². The van der Waals surface area contributed by atoms with Gasteiger partial charge in [-0.1, -0.05) is 11.6 Å². The maximum Gasteiger partial charge on any atom is 0.129 e. The summed E-state index contributed by atoms with van der Waals surface area (Å²) in [5.74, 6) is 1.10. The first-order valence-electron chi connectivity index (χ1n) is 6.21. The molecule has 0 bridgehead atoms. The molecular weight excluding hydrogens is 314 g/mol. The van der Waals surface area contributed by atoms with Crippen molar-refractivity contribution in [1.29, 1.82) is 0 Å². The summed E-state index contributed by atoms with van der Waals surface area (Å²) < 4.78 is 20.5. The molecule has 1 heterocycles. The molecule has 0 aliphatic rings. The van der Waals surface area contributed by atoms with Gasteiger partial charge in [-0.15, -0.1) is 11.6 Å². The van der Waals surface area contributed by atoms with Crippen molar-refractivity contribution >= 4 is 34.2 Å². The summed E-state index contributed by atoms with van der Waals surface area (Å²) in [7, 11) is 1.59. The average Bonchev–Trinajstić information content (AvgIpc) is 2.87. The van der Waals surface area contributed by atoms with E-state index < -0.39 is 0 Å². The van der Waals surface area contributed by atoms with E-state index in [-0.39, 0.29) is 11.7 Å². The number of imidazole rings is 1. The summed E-state index contributed by atoms with van der Waals surface area (Å²) in [5.41, 5.74) is 2.02. The SMILES string of the molecule is COc1ccc2c(c1)nc(CCl)n2-c1cc(F)ccc1Cl. The van der Waals surface area contributed by atoms with Gasteiger partial charge in [0.05, 0.1) is 34.7 Å². The molecule has 3 rings (SSSR count). The van der Waals surface area contributed by atoms with Gasteiger partial charge in [-0.2, -0.15) is 0 Å². The quantitative estimate of drug-likeness (QED) is 0.660. The Morgan fingerprint density at radius 3 is 2.76 bits per heavy atom. The lowest BCUT2D eigenvalue weighted by atomic mass is 10.2. The van der Waals surface area contributed by atoms with E-state index in [0.717, 1.165) is 5.52 Å². The van der Waals surface area contributed by atoms with Crippen LogP contribution in [0, 0.1) is 5.82 Å².